The largest absolute Gasteiger partial charge is 0.379 e. The molecule has 0 atom stereocenters. The van der Waals surface area contributed by atoms with Crippen LogP contribution in [-0.4, -0.2) is 25.3 Å². The van der Waals surface area contributed by atoms with Gasteiger partial charge < -0.3 is 9.08 Å². The second-order valence-corrected chi connectivity index (χ2v) is 9.16. The molecule has 4 rings (SSSR count). The summed E-state index contributed by atoms with van der Waals surface area (Å²) in [5.74, 6) is -0.375. The van der Waals surface area contributed by atoms with Gasteiger partial charge in [0.15, 0.2) is 0 Å². The summed E-state index contributed by atoms with van der Waals surface area (Å²) in [4.78, 5) is 14.8. The lowest BCUT2D eigenvalue weighted by Crippen LogP contribution is -2.33. The molecule has 1 aliphatic carbocycles. The number of carbonyl (C=O) groups is 1. The van der Waals surface area contributed by atoms with Gasteiger partial charge in [0.25, 0.3) is 5.91 Å². The van der Waals surface area contributed by atoms with Crippen molar-refractivity contribution >= 4 is 16.0 Å². The molecule has 31 heavy (non-hydrogen) atoms. The zero-order valence-corrected chi connectivity index (χ0v) is 17.8. The van der Waals surface area contributed by atoms with E-state index in [2.05, 4.69) is 0 Å². The number of nitrogens with zero attached hydrogens (tertiary/aromatic N) is 1. The highest BCUT2D eigenvalue weighted by atomic mass is 32.2. The Balaban J connectivity index is 1.48. The number of carbonyl (C=O) groups excluding carboxylic acids is 1. The molecule has 0 unspecified atom stereocenters. The van der Waals surface area contributed by atoms with Crippen LogP contribution in [-0.2, 0) is 16.7 Å². The van der Waals surface area contributed by atoms with Gasteiger partial charge in [-0.3, -0.25) is 4.79 Å². The molecule has 0 heterocycles. The van der Waals surface area contributed by atoms with E-state index >= 15 is 0 Å². The highest BCUT2D eigenvalue weighted by Gasteiger charge is 2.33. The predicted octanol–water partition coefficient (Wildman–Crippen LogP) is 4.71. The lowest BCUT2D eigenvalue weighted by molar-refractivity contribution is 0.0729. The van der Waals surface area contributed by atoms with Crippen LogP contribution >= 0.6 is 0 Å². The number of hydrogen-bond acceptors (Lipinski definition) is 4. The molecule has 0 bridgehead atoms. The highest BCUT2D eigenvalue weighted by molar-refractivity contribution is 7.87. The van der Waals surface area contributed by atoms with E-state index in [1.54, 1.807) is 24.3 Å². The molecule has 1 saturated carbocycles. The first-order chi connectivity index (χ1) is 14.8. The molecule has 0 spiro atoms. The van der Waals surface area contributed by atoms with Gasteiger partial charge in [0.1, 0.15) is 16.5 Å². The molecule has 0 radical (unpaired) electrons. The normalized spacial score (nSPS) is 13.6. The van der Waals surface area contributed by atoms with Crippen LogP contribution in [0, 0.1) is 12.7 Å². The molecule has 7 heteroatoms. The highest BCUT2D eigenvalue weighted by Crippen LogP contribution is 2.31. The van der Waals surface area contributed by atoms with Crippen molar-refractivity contribution in [3.8, 4) is 5.75 Å². The standard InChI is InChI=1S/C24H22FNO4S/c1-17-4-2-3-5-23(17)24(27)26(20-10-11-20)16-18-6-12-21(13-7-18)30-31(28,29)22-14-8-19(25)9-15-22/h2-9,12-15,20H,10-11,16H2,1H3. The van der Waals surface area contributed by atoms with E-state index in [0.717, 1.165) is 48.2 Å². The van der Waals surface area contributed by atoms with Crippen LogP contribution in [0.1, 0.15) is 34.3 Å². The molecule has 160 valence electrons. The van der Waals surface area contributed by atoms with E-state index in [4.69, 9.17) is 4.18 Å². The zero-order chi connectivity index (χ0) is 22.0. The summed E-state index contributed by atoms with van der Waals surface area (Å²) in [5.41, 5.74) is 2.51. The molecule has 1 aliphatic rings. The number of rotatable bonds is 7. The quantitative estimate of drug-likeness (QED) is 0.501. The van der Waals surface area contributed by atoms with E-state index in [1.807, 2.05) is 36.1 Å². The van der Waals surface area contributed by atoms with Crippen LogP contribution in [0.15, 0.2) is 77.7 Å². The second kappa shape index (κ2) is 8.51. The van der Waals surface area contributed by atoms with Crippen molar-refractivity contribution in [2.75, 3.05) is 0 Å². The summed E-state index contributed by atoms with van der Waals surface area (Å²) in [6.07, 6.45) is 1.96. The number of halogens is 1. The Labute approximate surface area is 181 Å². The third-order valence-corrected chi connectivity index (χ3v) is 6.47. The molecule has 0 saturated heterocycles. The van der Waals surface area contributed by atoms with Gasteiger partial charge in [-0.25, -0.2) is 4.39 Å². The van der Waals surface area contributed by atoms with Crippen molar-refractivity contribution in [1.82, 2.24) is 4.90 Å². The summed E-state index contributed by atoms with van der Waals surface area (Å²) in [6.45, 7) is 2.36. The first-order valence-corrected chi connectivity index (χ1v) is 11.4. The van der Waals surface area contributed by atoms with Gasteiger partial charge in [0.2, 0.25) is 0 Å². The van der Waals surface area contributed by atoms with E-state index in [1.165, 1.54) is 0 Å². The van der Waals surface area contributed by atoms with Crippen LogP contribution in [0.25, 0.3) is 0 Å². The fourth-order valence-electron chi connectivity index (χ4n) is 3.34. The number of aryl methyl sites for hydroxylation is 1. The fourth-order valence-corrected chi connectivity index (χ4v) is 4.27. The first-order valence-electron chi connectivity index (χ1n) is 9.99. The van der Waals surface area contributed by atoms with Gasteiger partial charge in [-0.15, -0.1) is 0 Å². The zero-order valence-electron chi connectivity index (χ0n) is 17.0. The molecule has 0 N–H and O–H groups in total. The molecule has 1 amide bonds. The van der Waals surface area contributed by atoms with Crippen LogP contribution < -0.4 is 4.18 Å². The van der Waals surface area contributed by atoms with Crippen LogP contribution in [0.5, 0.6) is 5.75 Å². The van der Waals surface area contributed by atoms with Crippen molar-refractivity contribution in [2.24, 2.45) is 0 Å². The van der Waals surface area contributed by atoms with Gasteiger partial charge in [-0.05, 0) is 73.4 Å². The maximum Gasteiger partial charge on any atom is 0.339 e. The number of hydrogen-bond donors (Lipinski definition) is 0. The summed E-state index contributed by atoms with van der Waals surface area (Å²) >= 11 is 0. The Kier molecular flexibility index (Phi) is 5.78. The van der Waals surface area contributed by atoms with Crippen LogP contribution in [0.2, 0.25) is 0 Å². The fraction of sp³-hybridized carbons (Fsp3) is 0.208. The topological polar surface area (TPSA) is 63.7 Å². The summed E-state index contributed by atoms with van der Waals surface area (Å²) < 4.78 is 42.9. The molecular weight excluding hydrogens is 417 g/mol. The van der Waals surface area contributed by atoms with E-state index in [9.17, 15) is 17.6 Å². The number of amides is 1. The van der Waals surface area contributed by atoms with E-state index in [0.29, 0.717) is 12.1 Å². The Morgan fingerprint density at radius 3 is 2.26 bits per heavy atom. The minimum Gasteiger partial charge on any atom is -0.379 e. The van der Waals surface area contributed by atoms with Crippen molar-refractivity contribution < 1.29 is 21.8 Å². The average molecular weight is 440 g/mol. The molecule has 1 fully saturated rings. The second-order valence-electron chi connectivity index (χ2n) is 7.61. The predicted molar refractivity (Wildman–Crippen MR) is 115 cm³/mol. The molecular formula is C24H22FNO4S. The number of benzene rings is 3. The van der Waals surface area contributed by atoms with Crippen LogP contribution in [0.3, 0.4) is 0 Å². The van der Waals surface area contributed by atoms with Gasteiger partial charge >= 0.3 is 10.1 Å². The van der Waals surface area contributed by atoms with Crippen molar-refractivity contribution in [3.05, 3.63) is 95.3 Å². The average Bonchev–Trinajstić information content (AvgIpc) is 3.58. The minimum atomic E-state index is -4.05. The molecule has 3 aromatic rings. The lowest BCUT2D eigenvalue weighted by atomic mass is 10.1. The first kappa shape index (κ1) is 21.1. The molecule has 0 aromatic heterocycles. The van der Waals surface area contributed by atoms with Gasteiger partial charge in [0, 0.05) is 18.2 Å². The van der Waals surface area contributed by atoms with E-state index < -0.39 is 15.9 Å². The maximum absolute atomic E-state index is 13.1. The Hall–Kier alpha value is -3.19. The third kappa shape index (κ3) is 4.94. The third-order valence-electron chi connectivity index (χ3n) is 5.21. The van der Waals surface area contributed by atoms with Crippen LogP contribution in [0.4, 0.5) is 4.39 Å². The Morgan fingerprint density at radius 2 is 1.65 bits per heavy atom. The van der Waals surface area contributed by atoms with Gasteiger partial charge in [0.05, 0.1) is 0 Å². The minimum absolute atomic E-state index is 0.000172. The Morgan fingerprint density at radius 1 is 1.00 bits per heavy atom. The van der Waals surface area contributed by atoms with Crippen molar-refractivity contribution in [2.45, 2.75) is 37.2 Å². The summed E-state index contributed by atoms with van der Waals surface area (Å²) in [5, 5.41) is 0. The van der Waals surface area contributed by atoms with Gasteiger partial charge in [-0.2, -0.15) is 8.42 Å². The monoisotopic (exact) mass is 439 g/mol. The Bertz CT molecular complexity index is 1190. The summed E-state index contributed by atoms with van der Waals surface area (Å²) in [7, 11) is -4.05. The molecule has 5 nitrogen and oxygen atoms in total. The smallest absolute Gasteiger partial charge is 0.339 e. The summed E-state index contributed by atoms with van der Waals surface area (Å²) in [6, 6.07) is 18.8. The van der Waals surface area contributed by atoms with Crippen molar-refractivity contribution in [3.63, 3.8) is 0 Å². The van der Waals surface area contributed by atoms with Gasteiger partial charge in [-0.1, -0.05) is 30.3 Å². The lowest BCUT2D eigenvalue weighted by Gasteiger charge is -2.23. The molecule has 0 aliphatic heterocycles. The molecule has 3 aromatic carbocycles. The SMILES string of the molecule is Cc1ccccc1C(=O)N(Cc1ccc(OS(=O)(=O)c2ccc(F)cc2)cc1)C1CC1. The van der Waals surface area contributed by atoms with E-state index in [-0.39, 0.29) is 22.6 Å². The van der Waals surface area contributed by atoms with Crippen molar-refractivity contribution in [1.29, 1.82) is 0 Å². The maximum atomic E-state index is 13.1.